The number of rotatable bonds is 15. The molecule has 2 N–H and O–H groups in total. The highest BCUT2D eigenvalue weighted by molar-refractivity contribution is 8.13. The molecule has 0 aliphatic carbocycles. The first-order valence-corrected chi connectivity index (χ1v) is 14.3. The van der Waals surface area contributed by atoms with Crippen LogP contribution in [0.25, 0.3) is 6.08 Å². The molecule has 1 atom stereocenters. The first kappa shape index (κ1) is 29.3. The minimum atomic E-state index is -0.949. The molecule has 204 valence electrons. The number of aliphatic carboxylic acids is 1. The molecule has 0 aromatic heterocycles. The fourth-order valence-corrected chi connectivity index (χ4v) is 5.22. The molecule has 1 aliphatic heterocycles. The van der Waals surface area contributed by atoms with Crippen molar-refractivity contribution in [2.75, 3.05) is 25.4 Å². The molecule has 1 unspecified atom stereocenters. The summed E-state index contributed by atoms with van der Waals surface area (Å²) in [4.78, 5) is 36.1. The first-order chi connectivity index (χ1) is 18.4. The normalized spacial score (nSPS) is 14.1. The summed E-state index contributed by atoms with van der Waals surface area (Å²) >= 11 is 1.37. The van der Waals surface area contributed by atoms with Gasteiger partial charge in [-0.05, 0) is 68.2 Å². The number of ether oxygens (including phenoxy) is 1. The molecule has 0 bridgehead atoms. The zero-order valence-electron chi connectivity index (χ0n) is 21.7. The molecule has 3 rings (SSSR count). The number of nitrogens with zero attached hydrogens (tertiary/aromatic N) is 1. The summed E-state index contributed by atoms with van der Waals surface area (Å²) in [7, 11) is 0. The average Bonchev–Trinajstić information content (AvgIpc) is 3.45. The summed E-state index contributed by atoms with van der Waals surface area (Å²) in [5, 5.41) is 18.3. The van der Waals surface area contributed by atoms with Crippen molar-refractivity contribution in [3.8, 4) is 5.75 Å². The van der Waals surface area contributed by atoms with Gasteiger partial charge < -0.3 is 19.8 Å². The van der Waals surface area contributed by atoms with Gasteiger partial charge in [0.25, 0.3) is 5.24 Å². The van der Waals surface area contributed by atoms with Crippen LogP contribution in [0.5, 0.6) is 5.75 Å². The van der Waals surface area contributed by atoms with Crippen molar-refractivity contribution in [1.29, 1.82) is 0 Å². The second kappa shape index (κ2) is 15.9. The van der Waals surface area contributed by atoms with E-state index in [1.807, 2.05) is 41.3 Å². The van der Waals surface area contributed by atoms with E-state index in [0.717, 1.165) is 74.2 Å². The lowest BCUT2D eigenvalue weighted by atomic mass is 9.92. The lowest BCUT2D eigenvalue weighted by molar-refractivity contribution is -0.137. The Kier molecular flexibility index (Phi) is 12.2. The zero-order chi connectivity index (χ0) is 27.2. The number of carbonyl (C=O) groups is 3. The lowest BCUT2D eigenvalue weighted by Gasteiger charge is -2.15. The summed E-state index contributed by atoms with van der Waals surface area (Å²) in [5.74, 6) is -0.0521. The van der Waals surface area contributed by atoms with Crippen LogP contribution in [-0.4, -0.2) is 57.7 Å². The van der Waals surface area contributed by atoms with Gasteiger partial charge in [-0.3, -0.25) is 9.59 Å². The van der Waals surface area contributed by atoms with Gasteiger partial charge in [0, 0.05) is 30.8 Å². The van der Waals surface area contributed by atoms with Gasteiger partial charge in [-0.15, -0.1) is 0 Å². The largest absolute Gasteiger partial charge is 0.493 e. The maximum absolute atomic E-state index is 12.2. The van der Waals surface area contributed by atoms with E-state index in [-0.39, 0.29) is 23.1 Å². The smallest absolute Gasteiger partial charge is 0.335 e. The number of hydrogen-bond donors (Lipinski definition) is 2. The standard InChI is InChI=1S/C30H37NO6S/c32-28(33)11-4-1-8-23(22-24-13-16-26(17-14-24)29(34)35)12-15-25-9-2-3-10-27(25)37-20-7-21-38-30(36)31-18-5-6-19-31/h2-3,9-10,12-17,23H,1,4-8,11,18-22H2,(H,32,33)(H,34,35). The van der Waals surface area contributed by atoms with Crippen molar-refractivity contribution in [3.63, 3.8) is 0 Å². The number of carboxylic acids is 2. The highest BCUT2D eigenvalue weighted by Gasteiger charge is 2.17. The lowest BCUT2D eigenvalue weighted by Crippen LogP contribution is -2.23. The highest BCUT2D eigenvalue weighted by atomic mass is 32.2. The number of unbranched alkanes of at least 4 members (excludes halogenated alkanes) is 1. The molecule has 0 radical (unpaired) electrons. The molecule has 2 aromatic rings. The number of benzene rings is 2. The van der Waals surface area contributed by atoms with Crippen molar-refractivity contribution < 1.29 is 29.3 Å². The number of thioether (sulfide) groups is 1. The second-order valence-electron chi connectivity index (χ2n) is 9.51. The summed E-state index contributed by atoms with van der Waals surface area (Å²) < 4.78 is 6.05. The van der Waals surface area contributed by atoms with Gasteiger partial charge in [0.15, 0.2) is 0 Å². The van der Waals surface area contributed by atoms with Crippen molar-refractivity contribution >= 4 is 35.0 Å². The molecule has 8 heteroatoms. The van der Waals surface area contributed by atoms with Crippen LogP contribution in [-0.2, 0) is 11.2 Å². The van der Waals surface area contributed by atoms with Crippen LogP contribution in [0.3, 0.4) is 0 Å². The number of aromatic carboxylic acids is 1. The molecule has 1 amide bonds. The summed E-state index contributed by atoms with van der Waals surface area (Å²) in [6.07, 6.45) is 10.3. The monoisotopic (exact) mass is 539 g/mol. The molecule has 1 saturated heterocycles. The number of likely N-dealkylation sites (tertiary alicyclic amines) is 1. The Balaban J connectivity index is 1.56. The van der Waals surface area contributed by atoms with Crippen LogP contribution < -0.4 is 4.74 Å². The molecule has 38 heavy (non-hydrogen) atoms. The van der Waals surface area contributed by atoms with Crippen LogP contribution in [0.1, 0.15) is 66.4 Å². The average molecular weight is 540 g/mol. The van der Waals surface area contributed by atoms with Gasteiger partial charge in [0.05, 0.1) is 12.2 Å². The highest BCUT2D eigenvalue weighted by Crippen LogP contribution is 2.24. The van der Waals surface area contributed by atoms with Crippen molar-refractivity contribution in [3.05, 3.63) is 71.3 Å². The molecule has 7 nitrogen and oxygen atoms in total. The molecule has 1 heterocycles. The van der Waals surface area contributed by atoms with E-state index >= 15 is 0 Å². The van der Waals surface area contributed by atoms with Gasteiger partial charge >= 0.3 is 11.9 Å². The number of carboxylic acid groups (broad SMARTS) is 2. The maximum Gasteiger partial charge on any atom is 0.335 e. The molecule has 2 aromatic carbocycles. The molecular formula is C30H37NO6S. The summed E-state index contributed by atoms with van der Waals surface area (Å²) in [5.41, 5.74) is 2.26. The molecule has 1 aliphatic rings. The molecular weight excluding hydrogens is 502 g/mol. The van der Waals surface area contributed by atoms with Crippen LogP contribution in [0, 0.1) is 5.92 Å². The van der Waals surface area contributed by atoms with E-state index in [2.05, 4.69) is 12.2 Å². The van der Waals surface area contributed by atoms with Gasteiger partial charge in [0.1, 0.15) is 5.75 Å². The Hall–Kier alpha value is -3.26. The third-order valence-corrected chi connectivity index (χ3v) is 7.52. The number of amides is 1. The van der Waals surface area contributed by atoms with E-state index < -0.39 is 11.9 Å². The third kappa shape index (κ3) is 10.2. The fraction of sp³-hybridized carbons (Fsp3) is 0.433. The fourth-order valence-electron chi connectivity index (χ4n) is 4.42. The SMILES string of the molecule is O=C(O)CCCCC(C=Cc1ccccc1OCCCSC(=O)N1CCCC1)Cc1ccc(C(=O)O)cc1. The predicted molar refractivity (Wildman–Crippen MR) is 151 cm³/mol. The first-order valence-electron chi connectivity index (χ1n) is 13.3. The Bertz CT molecular complexity index is 1080. The van der Waals surface area contributed by atoms with E-state index in [1.165, 1.54) is 11.8 Å². The van der Waals surface area contributed by atoms with Gasteiger partial charge in [0.2, 0.25) is 0 Å². The predicted octanol–water partition coefficient (Wildman–Crippen LogP) is 6.62. The topological polar surface area (TPSA) is 104 Å². The quantitative estimate of drug-likeness (QED) is 0.245. The minimum absolute atomic E-state index is 0.155. The van der Waals surface area contributed by atoms with Crippen LogP contribution in [0.15, 0.2) is 54.6 Å². The summed E-state index contributed by atoms with van der Waals surface area (Å²) in [6.45, 7) is 2.27. The number of para-hydroxylation sites is 1. The number of hydrogen-bond acceptors (Lipinski definition) is 5. The second-order valence-corrected chi connectivity index (χ2v) is 10.6. The van der Waals surface area contributed by atoms with E-state index in [0.29, 0.717) is 13.0 Å². The third-order valence-electron chi connectivity index (χ3n) is 6.52. The van der Waals surface area contributed by atoms with Crippen molar-refractivity contribution in [2.45, 2.75) is 51.4 Å². The number of carbonyl (C=O) groups excluding carboxylic acids is 1. The molecule has 0 spiro atoms. The Morgan fingerprint density at radius 2 is 1.71 bits per heavy atom. The Morgan fingerprint density at radius 3 is 2.42 bits per heavy atom. The summed E-state index contributed by atoms with van der Waals surface area (Å²) in [6, 6.07) is 14.7. The minimum Gasteiger partial charge on any atom is -0.493 e. The van der Waals surface area contributed by atoms with Crippen LogP contribution in [0.4, 0.5) is 4.79 Å². The Morgan fingerprint density at radius 1 is 0.974 bits per heavy atom. The van der Waals surface area contributed by atoms with E-state index in [1.54, 1.807) is 12.1 Å². The molecule has 0 saturated carbocycles. The number of allylic oxidation sites excluding steroid dienone is 1. The van der Waals surface area contributed by atoms with E-state index in [9.17, 15) is 14.4 Å². The van der Waals surface area contributed by atoms with Crippen molar-refractivity contribution in [2.24, 2.45) is 5.92 Å². The van der Waals surface area contributed by atoms with E-state index in [4.69, 9.17) is 14.9 Å². The Labute approximate surface area is 228 Å². The van der Waals surface area contributed by atoms with Gasteiger partial charge in [-0.2, -0.15) is 0 Å². The molecule has 1 fully saturated rings. The van der Waals surface area contributed by atoms with Gasteiger partial charge in [-0.1, -0.05) is 60.7 Å². The zero-order valence-corrected chi connectivity index (χ0v) is 22.5. The van der Waals surface area contributed by atoms with Crippen LogP contribution >= 0.6 is 11.8 Å². The van der Waals surface area contributed by atoms with Crippen molar-refractivity contribution in [1.82, 2.24) is 4.90 Å². The van der Waals surface area contributed by atoms with Gasteiger partial charge in [-0.25, -0.2) is 4.79 Å². The maximum atomic E-state index is 12.2. The van der Waals surface area contributed by atoms with Crippen LogP contribution in [0.2, 0.25) is 0 Å².